The van der Waals surface area contributed by atoms with E-state index in [1.54, 1.807) is 6.07 Å². The average Bonchev–Trinajstić information content (AvgIpc) is 3.27. The molecule has 0 amide bonds. The van der Waals surface area contributed by atoms with E-state index in [-0.39, 0.29) is 29.2 Å². The molecule has 35 heavy (non-hydrogen) atoms. The molecule has 0 radical (unpaired) electrons. The van der Waals surface area contributed by atoms with Gasteiger partial charge in [0, 0.05) is 18.6 Å². The molecular formula is C26H37FN4O4. The SMILES string of the molecule is CC(=N)/C(C=O)=C\O.NC(c1nc2c(F)c(OC3CCOCC3)ccc2[nH]1)C1CCCCCCC1. The summed E-state index contributed by atoms with van der Waals surface area (Å²) in [6, 6.07) is 3.36. The summed E-state index contributed by atoms with van der Waals surface area (Å²) in [5.41, 5.74) is 7.63. The molecule has 9 heteroatoms. The van der Waals surface area contributed by atoms with Gasteiger partial charge in [-0.3, -0.25) is 4.79 Å². The summed E-state index contributed by atoms with van der Waals surface area (Å²) < 4.78 is 26.2. The first-order chi connectivity index (χ1) is 16.9. The highest BCUT2D eigenvalue weighted by atomic mass is 19.1. The van der Waals surface area contributed by atoms with Crippen LogP contribution in [0.2, 0.25) is 0 Å². The van der Waals surface area contributed by atoms with Gasteiger partial charge in [0.2, 0.25) is 0 Å². The van der Waals surface area contributed by atoms with Gasteiger partial charge in [0.15, 0.2) is 17.9 Å². The molecule has 1 aromatic carbocycles. The number of aliphatic hydroxyl groups excluding tert-OH is 1. The topological polar surface area (TPSA) is 134 Å². The second-order valence-corrected chi connectivity index (χ2v) is 9.28. The van der Waals surface area contributed by atoms with E-state index in [1.807, 2.05) is 6.07 Å². The fourth-order valence-corrected chi connectivity index (χ4v) is 4.55. The van der Waals surface area contributed by atoms with Crippen molar-refractivity contribution in [2.45, 2.75) is 76.9 Å². The minimum absolute atomic E-state index is 0.00120. The van der Waals surface area contributed by atoms with Crippen LogP contribution in [0.15, 0.2) is 24.0 Å². The summed E-state index contributed by atoms with van der Waals surface area (Å²) in [6.45, 7) is 2.76. The number of halogens is 1. The lowest BCUT2D eigenvalue weighted by atomic mass is 9.86. The van der Waals surface area contributed by atoms with Gasteiger partial charge in [-0.1, -0.05) is 32.1 Å². The molecule has 1 atom stereocenters. The van der Waals surface area contributed by atoms with Crippen LogP contribution in [0.5, 0.6) is 5.75 Å². The molecule has 1 unspecified atom stereocenters. The van der Waals surface area contributed by atoms with Crippen molar-refractivity contribution in [2.75, 3.05) is 13.2 Å². The summed E-state index contributed by atoms with van der Waals surface area (Å²) in [5, 5.41) is 15.0. The molecule has 1 saturated carbocycles. The molecule has 5 N–H and O–H groups in total. The molecule has 2 fully saturated rings. The first-order valence-electron chi connectivity index (χ1n) is 12.5. The number of aromatic nitrogens is 2. The molecule has 1 aliphatic heterocycles. The second kappa shape index (κ2) is 13.3. The Balaban J connectivity index is 0.000000371. The maximum absolute atomic E-state index is 15.0. The Labute approximate surface area is 205 Å². The maximum atomic E-state index is 15.0. The van der Waals surface area contributed by atoms with Gasteiger partial charge < -0.3 is 30.7 Å². The van der Waals surface area contributed by atoms with Crippen molar-refractivity contribution in [3.63, 3.8) is 0 Å². The summed E-state index contributed by atoms with van der Waals surface area (Å²) in [4.78, 5) is 17.6. The van der Waals surface area contributed by atoms with Gasteiger partial charge in [-0.05, 0) is 37.8 Å². The molecule has 2 aliphatic rings. The molecule has 1 aliphatic carbocycles. The molecule has 192 valence electrons. The molecule has 2 heterocycles. The number of hydrogen-bond donors (Lipinski definition) is 4. The molecule has 8 nitrogen and oxygen atoms in total. The number of nitrogens with one attached hydrogen (secondary N) is 2. The molecule has 1 saturated heterocycles. The minimum Gasteiger partial charge on any atom is -0.515 e. The van der Waals surface area contributed by atoms with Gasteiger partial charge >= 0.3 is 0 Å². The third kappa shape index (κ3) is 7.35. The number of nitrogens with zero attached hydrogens (tertiary/aromatic N) is 1. The van der Waals surface area contributed by atoms with E-state index in [9.17, 15) is 9.18 Å². The molecule has 4 rings (SSSR count). The van der Waals surface area contributed by atoms with Crippen molar-refractivity contribution in [3.05, 3.63) is 35.6 Å². The van der Waals surface area contributed by atoms with Crippen molar-refractivity contribution in [1.82, 2.24) is 9.97 Å². The van der Waals surface area contributed by atoms with Crippen molar-refractivity contribution in [1.29, 1.82) is 5.41 Å². The Morgan fingerprint density at radius 1 is 1.23 bits per heavy atom. The predicted octanol–water partition coefficient (Wildman–Crippen LogP) is 5.29. The Bertz CT molecular complexity index is 1010. The lowest BCUT2D eigenvalue weighted by molar-refractivity contribution is -0.104. The van der Waals surface area contributed by atoms with Gasteiger partial charge in [0.25, 0.3) is 0 Å². The first kappa shape index (κ1) is 26.8. The van der Waals surface area contributed by atoms with Crippen LogP contribution in [-0.4, -0.2) is 46.4 Å². The number of nitrogens with two attached hydrogens (primary N) is 1. The number of imidazole rings is 1. The number of aldehydes is 1. The number of ether oxygens (including phenoxy) is 2. The van der Waals surface area contributed by atoms with E-state index in [2.05, 4.69) is 9.97 Å². The number of aliphatic hydroxyl groups is 1. The number of aromatic amines is 1. The van der Waals surface area contributed by atoms with Gasteiger partial charge in [0.05, 0.1) is 36.6 Å². The monoisotopic (exact) mass is 488 g/mol. The van der Waals surface area contributed by atoms with Crippen LogP contribution in [0.3, 0.4) is 0 Å². The van der Waals surface area contributed by atoms with E-state index in [4.69, 9.17) is 25.7 Å². The van der Waals surface area contributed by atoms with Gasteiger partial charge in [-0.15, -0.1) is 0 Å². The van der Waals surface area contributed by atoms with Gasteiger partial charge in [-0.2, -0.15) is 0 Å². The Morgan fingerprint density at radius 3 is 2.46 bits per heavy atom. The van der Waals surface area contributed by atoms with E-state index >= 15 is 0 Å². The largest absolute Gasteiger partial charge is 0.515 e. The van der Waals surface area contributed by atoms with E-state index < -0.39 is 5.82 Å². The van der Waals surface area contributed by atoms with Crippen LogP contribution < -0.4 is 10.5 Å². The lowest BCUT2D eigenvalue weighted by Crippen LogP contribution is -2.26. The fourth-order valence-electron chi connectivity index (χ4n) is 4.55. The highest BCUT2D eigenvalue weighted by Crippen LogP contribution is 2.33. The number of allylic oxidation sites excluding steroid dienone is 1. The third-order valence-corrected chi connectivity index (χ3v) is 6.71. The quantitative estimate of drug-likeness (QED) is 0.189. The molecular weight excluding hydrogens is 451 g/mol. The lowest BCUT2D eigenvalue weighted by Gasteiger charge is -2.24. The number of benzene rings is 1. The van der Waals surface area contributed by atoms with E-state index in [0.717, 1.165) is 25.7 Å². The zero-order valence-corrected chi connectivity index (χ0v) is 20.4. The number of hydrogen-bond acceptors (Lipinski definition) is 7. The smallest absolute Gasteiger partial charge is 0.192 e. The summed E-state index contributed by atoms with van der Waals surface area (Å²) >= 11 is 0. The van der Waals surface area contributed by atoms with Crippen LogP contribution in [0.25, 0.3) is 11.0 Å². The zero-order valence-electron chi connectivity index (χ0n) is 20.4. The van der Waals surface area contributed by atoms with Crippen molar-refractivity contribution >= 4 is 23.0 Å². The first-order valence-corrected chi connectivity index (χ1v) is 12.5. The number of carbonyl (C=O) groups excluding carboxylic acids is 1. The van der Waals surface area contributed by atoms with Gasteiger partial charge in [0.1, 0.15) is 17.4 Å². The fraction of sp³-hybridized carbons (Fsp3) is 0.577. The number of carbonyl (C=O) groups is 1. The molecule has 1 aromatic heterocycles. The highest BCUT2D eigenvalue weighted by Gasteiger charge is 2.25. The Hall–Kier alpha value is -2.78. The normalized spacial score (nSPS) is 19.2. The van der Waals surface area contributed by atoms with Crippen molar-refractivity contribution in [2.24, 2.45) is 11.7 Å². The summed E-state index contributed by atoms with van der Waals surface area (Å²) in [7, 11) is 0. The summed E-state index contributed by atoms with van der Waals surface area (Å²) in [5.74, 6) is 0.975. The second-order valence-electron chi connectivity index (χ2n) is 9.28. The average molecular weight is 489 g/mol. The minimum atomic E-state index is -0.397. The van der Waals surface area contributed by atoms with Gasteiger partial charge in [-0.25, -0.2) is 9.37 Å². The molecule has 0 spiro atoms. The maximum Gasteiger partial charge on any atom is 0.192 e. The Morgan fingerprint density at radius 2 is 1.89 bits per heavy atom. The number of H-pyrrole nitrogens is 1. The number of fused-ring (bicyclic) bond motifs is 1. The third-order valence-electron chi connectivity index (χ3n) is 6.71. The van der Waals surface area contributed by atoms with Crippen LogP contribution >= 0.6 is 0 Å². The zero-order chi connectivity index (χ0) is 25.2. The summed E-state index contributed by atoms with van der Waals surface area (Å²) in [6.07, 6.45) is 11.2. The van der Waals surface area contributed by atoms with Crippen molar-refractivity contribution < 1.29 is 23.8 Å². The van der Waals surface area contributed by atoms with E-state index in [0.29, 0.717) is 48.5 Å². The Kier molecular flexibility index (Phi) is 10.2. The van der Waals surface area contributed by atoms with Crippen molar-refractivity contribution in [3.8, 4) is 5.75 Å². The molecule has 2 aromatic rings. The van der Waals surface area contributed by atoms with Crippen LogP contribution in [0.4, 0.5) is 4.39 Å². The van der Waals surface area contributed by atoms with Crippen LogP contribution in [-0.2, 0) is 9.53 Å². The standard InChI is InChI=1S/C21H30FN3O2.C5H7NO2/c22-18-17(27-15-10-12-26-13-11-15)9-8-16-20(18)25-21(24-16)19(23)14-6-4-2-1-3-5-7-14;1-4(6)5(2-7)3-8/h8-9,14-15,19H,1-7,10-13,23H2,(H,24,25);2-3,6-7H,1H3/b;5-2-,6-4?. The predicted molar refractivity (Wildman–Crippen MR) is 133 cm³/mol. The van der Waals surface area contributed by atoms with E-state index in [1.165, 1.54) is 39.0 Å². The number of rotatable bonds is 6. The van der Waals surface area contributed by atoms with Crippen LogP contribution in [0, 0.1) is 17.1 Å². The molecule has 0 bridgehead atoms. The highest BCUT2D eigenvalue weighted by molar-refractivity contribution is 6.11. The van der Waals surface area contributed by atoms with Crippen LogP contribution in [0.1, 0.15) is 76.6 Å².